The first-order valence-corrected chi connectivity index (χ1v) is 6.74. The highest BCUT2D eigenvalue weighted by Gasteiger charge is 2.38. The molecule has 0 spiro atoms. The Morgan fingerprint density at radius 3 is 2.62 bits per heavy atom. The van der Waals surface area contributed by atoms with Crippen molar-refractivity contribution in [1.29, 1.82) is 0 Å². The lowest BCUT2D eigenvalue weighted by Gasteiger charge is -2.36. The molecule has 1 amide bonds. The van der Waals surface area contributed by atoms with Crippen molar-refractivity contribution in [2.75, 3.05) is 4.90 Å². The van der Waals surface area contributed by atoms with Crippen LogP contribution < -0.4 is 9.64 Å². The molecule has 0 radical (unpaired) electrons. The van der Waals surface area contributed by atoms with Crippen LogP contribution in [0.5, 0.6) is 5.75 Å². The highest BCUT2D eigenvalue weighted by Crippen LogP contribution is 2.37. The number of nitrogens with zero attached hydrogens (tertiary/aromatic N) is 1. The van der Waals surface area contributed by atoms with Crippen LogP contribution in [0.4, 0.5) is 5.69 Å². The van der Waals surface area contributed by atoms with Gasteiger partial charge in [-0.15, -0.1) is 0 Å². The number of anilines is 1. The van der Waals surface area contributed by atoms with Crippen molar-refractivity contribution in [2.45, 2.75) is 39.3 Å². The largest absolute Gasteiger partial charge is 0.480 e. The number of carbonyl (C=O) groups is 3. The second-order valence-corrected chi connectivity index (χ2v) is 4.98. The summed E-state index contributed by atoms with van der Waals surface area (Å²) in [6.45, 7) is 4.66. The van der Waals surface area contributed by atoms with Crippen molar-refractivity contribution in [3.63, 3.8) is 0 Å². The minimum atomic E-state index is -1.10. The van der Waals surface area contributed by atoms with Crippen LogP contribution in [0, 0.1) is 0 Å². The van der Waals surface area contributed by atoms with Gasteiger partial charge in [-0.05, 0) is 38.5 Å². The van der Waals surface area contributed by atoms with Crippen LogP contribution in [0.2, 0.25) is 0 Å². The van der Waals surface area contributed by atoms with E-state index in [0.717, 1.165) is 0 Å². The molecule has 1 heterocycles. The number of fused-ring (bicyclic) bond motifs is 1. The number of ether oxygens (including phenoxy) is 1. The molecular formula is C15H17NO5. The van der Waals surface area contributed by atoms with E-state index in [1.165, 1.54) is 18.7 Å². The third-order valence-electron chi connectivity index (χ3n) is 3.52. The fourth-order valence-electron chi connectivity index (χ4n) is 2.27. The van der Waals surface area contributed by atoms with E-state index in [1.807, 2.05) is 0 Å². The lowest BCUT2D eigenvalue weighted by atomic mass is 10.1. The van der Waals surface area contributed by atoms with Gasteiger partial charge in [-0.2, -0.15) is 0 Å². The topological polar surface area (TPSA) is 83.9 Å². The van der Waals surface area contributed by atoms with E-state index in [0.29, 0.717) is 23.4 Å². The summed E-state index contributed by atoms with van der Waals surface area (Å²) in [5.74, 6) is -1.23. The zero-order valence-electron chi connectivity index (χ0n) is 12.1. The Kier molecular flexibility index (Phi) is 3.97. The lowest BCUT2D eigenvalue weighted by Crippen LogP contribution is -2.52. The average Bonchev–Trinajstić information content (AvgIpc) is 2.45. The standard InChI is InChI=1S/C15H17NO5/c1-4-12-14(18)16(8(2)15(19)20)11-6-5-10(9(3)17)7-13(11)21-12/h5-8,12H,4H2,1-3H3,(H,19,20). The highest BCUT2D eigenvalue weighted by atomic mass is 16.5. The zero-order valence-corrected chi connectivity index (χ0v) is 12.1. The molecule has 0 saturated carbocycles. The molecule has 112 valence electrons. The van der Waals surface area contributed by atoms with Gasteiger partial charge in [0.15, 0.2) is 11.9 Å². The summed E-state index contributed by atoms with van der Waals surface area (Å²) in [6.07, 6.45) is -0.313. The van der Waals surface area contributed by atoms with Gasteiger partial charge in [0.2, 0.25) is 0 Å². The molecule has 0 bridgehead atoms. The van der Waals surface area contributed by atoms with Gasteiger partial charge >= 0.3 is 5.97 Å². The molecule has 1 aliphatic rings. The Morgan fingerprint density at radius 1 is 1.43 bits per heavy atom. The fourth-order valence-corrected chi connectivity index (χ4v) is 2.27. The molecule has 6 nitrogen and oxygen atoms in total. The predicted octanol–water partition coefficient (Wildman–Crippen LogP) is 1.87. The number of ketones is 1. The van der Waals surface area contributed by atoms with Crippen molar-refractivity contribution in [1.82, 2.24) is 0 Å². The molecule has 0 aromatic heterocycles. The monoisotopic (exact) mass is 291 g/mol. The summed E-state index contributed by atoms with van der Waals surface area (Å²) in [5.41, 5.74) is 0.838. The summed E-state index contributed by atoms with van der Waals surface area (Å²) in [4.78, 5) is 36.3. The van der Waals surface area contributed by atoms with Crippen molar-refractivity contribution >= 4 is 23.3 Å². The average molecular weight is 291 g/mol. The lowest BCUT2D eigenvalue weighted by molar-refractivity contribution is -0.140. The maximum absolute atomic E-state index is 12.4. The van der Waals surface area contributed by atoms with E-state index in [9.17, 15) is 19.5 Å². The van der Waals surface area contributed by atoms with Crippen LogP contribution in [0.3, 0.4) is 0 Å². The van der Waals surface area contributed by atoms with Crippen molar-refractivity contribution in [3.8, 4) is 5.75 Å². The van der Waals surface area contributed by atoms with Crippen LogP contribution >= 0.6 is 0 Å². The highest BCUT2D eigenvalue weighted by molar-refractivity contribution is 6.05. The molecule has 1 aliphatic heterocycles. The van der Waals surface area contributed by atoms with Crippen molar-refractivity contribution in [2.24, 2.45) is 0 Å². The van der Waals surface area contributed by atoms with E-state index >= 15 is 0 Å². The van der Waals surface area contributed by atoms with Crippen LogP contribution in [0.1, 0.15) is 37.6 Å². The number of carbonyl (C=O) groups excluding carboxylic acids is 2. The molecule has 1 N–H and O–H groups in total. The summed E-state index contributed by atoms with van der Waals surface area (Å²) < 4.78 is 5.61. The molecular weight excluding hydrogens is 274 g/mol. The van der Waals surface area contributed by atoms with Gasteiger partial charge in [0.25, 0.3) is 5.91 Å². The molecule has 0 aliphatic carbocycles. The molecule has 0 saturated heterocycles. The number of rotatable bonds is 4. The number of hydrogen-bond donors (Lipinski definition) is 1. The van der Waals surface area contributed by atoms with E-state index in [4.69, 9.17) is 4.74 Å². The first-order valence-electron chi connectivity index (χ1n) is 6.74. The van der Waals surface area contributed by atoms with Gasteiger partial charge in [-0.3, -0.25) is 14.5 Å². The number of carboxylic acid groups (broad SMARTS) is 1. The zero-order chi connectivity index (χ0) is 15.7. The molecule has 2 unspecified atom stereocenters. The summed E-state index contributed by atoms with van der Waals surface area (Å²) in [7, 11) is 0. The molecule has 2 rings (SSSR count). The Balaban J connectivity index is 2.54. The van der Waals surface area contributed by atoms with Gasteiger partial charge in [0.05, 0.1) is 5.69 Å². The second kappa shape index (κ2) is 5.55. The first kappa shape index (κ1) is 15.0. The fraction of sp³-hybridized carbons (Fsp3) is 0.400. The second-order valence-electron chi connectivity index (χ2n) is 4.98. The first-order chi connectivity index (χ1) is 9.86. The van der Waals surface area contributed by atoms with E-state index in [2.05, 4.69) is 0 Å². The Hall–Kier alpha value is -2.37. The normalized spacial score (nSPS) is 18.7. The Bertz CT molecular complexity index is 610. The molecule has 2 atom stereocenters. The van der Waals surface area contributed by atoms with E-state index < -0.39 is 18.1 Å². The number of Topliss-reactive ketones (excluding diaryl/α,β-unsaturated/α-hetero) is 1. The number of benzene rings is 1. The van der Waals surface area contributed by atoms with Gasteiger partial charge < -0.3 is 9.84 Å². The van der Waals surface area contributed by atoms with Gasteiger partial charge in [-0.1, -0.05) is 6.92 Å². The number of amides is 1. The van der Waals surface area contributed by atoms with Crippen molar-refractivity contribution in [3.05, 3.63) is 23.8 Å². The summed E-state index contributed by atoms with van der Waals surface area (Å²) in [5, 5.41) is 9.19. The maximum atomic E-state index is 12.4. The number of aliphatic carboxylic acids is 1. The third-order valence-corrected chi connectivity index (χ3v) is 3.52. The quantitative estimate of drug-likeness (QED) is 0.856. The smallest absolute Gasteiger partial charge is 0.326 e. The van der Waals surface area contributed by atoms with Crippen LogP contribution in [0.15, 0.2) is 18.2 Å². The Labute approximate surface area is 122 Å². The van der Waals surface area contributed by atoms with E-state index in [1.54, 1.807) is 25.1 Å². The number of carboxylic acids is 1. The van der Waals surface area contributed by atoms with Crippen LogP contribution in [0.25, 0.3) is 0 Å². The molecule has 6 heteroatoms. The van der Waals surface area contributed by atoms with E-state index in [-0.39, 0.29) is 11.7 Å². The van der Waals surface area contributed by atoms with Crippen molar-refractivity contribution < 1.29 is 24.2 Å². The minimum Gasteiger partial charge on any atom is -0.480 e. The maximum Gasteiger partial charge on any atom is 0.326 e. The molecule has 1 aromatic rings. The SMILES string of the molecule is CCC1Oc2cc(C(C)=O)ccc2N(C(C)C(=O)O)C1=O. The summed E-state index contributed by atoms with van der Waals surface area (Å²) >= 11 is 0. The van der Waals surface area contributed by atoms with Crippen LogP contribution in [-0.4, -0.2) is 34.9 Å². The molecule has 1 aromatic carbocycles. The van der Waals surface area contributed by atoms with Gasteiger partial charge in [-0.25, -0.2) is 4.79 Å². The van der Waals surface area contributed by atoms with Gasteiger partial charge in [0, 0.05) is 5.56 Å². The predicted molar refractivity (Wildman–Crippen MR) is 75.7 cm³/mol. The third kappa shape index (κ3) is 2.61. The minimum absolute atomic E-state index is 0.121. The van der Waals surface area contributed by atoms with Crippen LogP contribution in [-0.2, 0) is 9.59 Å². The Morgan fingerprint density at radius 2 is 2.10 bits per heavy atom. The number of hydrogen-bond acceptors (Lipinski definition) is 4. The molecule has 21 heavy (non-hydrogen) atoms. The molecule has 0 fully saturated rings. The summed E-state index contributed by atoms with van der Waals surface area (Å²) in [6, 6.07) is 3.66. The van der Waals surface area contributed by atoms with Gasteiger partial charge in [0.1, 0.15) is 11.8 Å².